The molecule has 4 rings (SSSR count). The van der Waals surface area contributed by atoms with Gasteiger partial charge in [0, 0.05) is 18.0 Å². The average molecular weight is 406 g/mol. The Morgan fingerprint density at radius 2 is 1.80 bits per heavy atom. The van der Waals surface area contributed by atoms with Crippen molar-refractivity contribution in [2.75, 3.05) is 7.11 Å². The molecule has 0 unspecified atom stereocenters. The fourth-order valence-electron chi connectivity index (χ4n) is 4.21. The highest BCUT2D eigenvalue weighted by Gasteiger charge is 2.41. The highest BCUT2D eigenvalue weighted by Crippen LogP contribution is 2.40. The number of nitrogens with zero attached hydrogens (tertiary/aromatic N) is 3. The first-order valence-electron chi connectivity index (χ1n) is 10.4. The zero-order chi connectivity index (χ0) is 21.0. The molecule has 156 valence electrons. The number of H-pyrrole nitrogens is 1. The van der Waals surface area contributed by atoms with E-state index in [4.69, 9.17) is 4.74 Å². The lowest BCUT2D eigenvalue weighted by Crippen LogP contribution is -2.46. The minimum absolute atomic E-state index is 0.0433. The van der Waals surface area contributed by atoms with E-state index in [0.717, 1.165) is 49.0 Å². The standard InChI is InChI=1S/C23H27N5O2/c1-16(20-26-21(28-27-20)17-10-14-24-15-11-17)25-22(29)23(12-4-3-5-13-23)18-6-8-19(30-2)9-7-18/h6-11,14-16H,3-5,12-13H2,1-2H3,(H,25,29)(H,26,27,28)/t16-/m1/s1. The summed E-state index contributed by atoms with van der Waals surface area (Å²) in [6.45, 7) is 1.93. The van der Waals surface area contributed by atoms with Crippen LogP contribution in [0.5, 0.6) is 5.75 Å². The first-order valence-corrected chi connectivity index (χ1v) is 10.4. The van der Waals surface area contributed by atoms with Gasteiger partial charge in [0.15, 0.2) is 5.82 Å². The molecule has 0 bridgehead atoms. The van der Waals surface area contributed by atoms with Gasteiger partial charge in [-0.15, -0.1) is 0 Å². The zero-order valence-electron chi connectivity index (χ0n) is 17.4. The van der Waals surface area contributed by atoms with E-state index < -0.39 is 5.41 Å². The van der Waals surface area contributed by atoms with E-state index in [1.165, 1.54) is 0 Å². The average Bonchev–Trinajstić information content (AvgIpc) is 3.31. The summed E-state index contributed by atoms with van der Waals surface area (Å²) in [5, 5.41) is 10.4. The van der Waals surface area contributed by atoms with Crippen LogP contribution in [0.15, 0.2) is 48.8 Å². The summed E-state index contributed by atoms with van der Waals surface area (Å²) in [5.41, 5.74) is 1.41. The van der Waals surface area contributed by atoms with E-state index in [-0.39, 0.29) is 11.9 Å². The molecular weight excluding hydrogens is 378 g/mol. The fraction of sp³-hybridized carbons (Fsp3) is 0.391. The summed E-state index contributed by atoms with van der Waals surface area (Å²) >= 11 is 0. The molecule has 0 saturated heterocycles. The van der Waals surface area contributed by atoms with Crippen LogP contribution >= 0.6 is 0 Å². The first-order chi connectivity index (χ1) is 14.6. The van der Waals surface area contributed by atoms with Gasteiger partial charge >= 0.3 is 0 Å². The maximum Gasteiger partial charge on any atom is 0.231 e. The number of amides is 1. The van der Waals surface area contributed by atoms with Crippen molar-refractivity contribution >= 4 is 5.91 Å². The number of hydrogen-bond acceptors (Lipinski definition) is 5. The number of aromatic nitrogens is 4. The lowest BCUT2D eigenvalue weighted by Gasteiger charge is -2.37. The number of methoxy groups -OCH3 is 1. The minimum atomic E-state index is -0.521. The second-order valence-electron chi connectivity index (χ2n) is 7.85. The van der Waals surface area contributed by atoms with E-state index in [2.05, 4.69) is 25.5 Å². The number of carbonyl (C=O) groups is 1. The Bertz CT molecular complexity index is 978. The Balaban J connectivity index is 1.54. The van der Waals surface area contributed by atoms with Crippen LogP contribution in [-0.2, 0) is 10.2 Å². The van der Waals surface area contributed by atoms with Crippen LogP contribution in [0.25, 0.3) is 11.4 Å². The third-order valence-corrected chi connectivity index (χ3v) is 5.98. The lowest BCUT2D eigenvalue weighted by molar-refractivity contribution is -0.128. The molecule has 0 aliphatic heterocycles. The predicted molar refractivity (Wildman–Crippen MR) is 114 cm³/mol. The molecule has 0 radical (unpaired) electrons. The number of pyridine rings is 1. The third kappa shape index (κ3) is 3.92. The number of ether oxygens (including phenoxy) is 1. The summed E-state index contributed by atoms with van der Waals surface area (Å²) in [5.74, 6) is 2.07. The predicted octanol–water partition coefficient (Wildman–Crippen LogP) is 3.95. The Labute approximate surface area is 176 Å². The van der Waals surface area contributed by atoms with Crippen molar-refractivity contribution in [2.24, 2.45) is 0 Å². The molecule has 7 heteroatoms. The molecule has 1 saturated carbocycles. The van der Waals surface area contributed by atoms with Crippen LogP contribution < -0.4 is 10.1 Å². The molecular formula is C23H27N5O2. The second-order valence-corrected chi connectivity index (χ2v) is 7.85. The first kappa shape index (κ1) is 20.1. The van der Waals surface area contributed by atoms with Gasteiger partial charge in [0.1, 0.15) is 11.6 Å². The van der Waals surface area contributed by atoms with E-state index >= 15 is 0 Å². The van der Waals surface area contributed by atoms with Gasteiger partial charge in [0.2, 0.25) is 5.91 Å². The molecule has 1 atom stereocenters. The summed E-state index contributed by atoms with van der Waals surface area (Å²) in [7, 11) is 1.65. The van der Waals surface area contributed by atoms with E-state index in [1.54, 1.807) is 19.5 Å². The van der Waals surface area contributed by atoms with E-state index in [9.17, 15) is 4.79 Å². The van der Waals surface area contributed by atoms with Crippen molar-refractivity contribution in [2.45, 2.75) is 50.5 Å². The number of hydrogen-bond donors (Lipinski definition) is 2. The van der Waals surface area contributed by atoms with Crippen LogP contribution in [0, 0.1) is 0 Å². The topological polar surface area (TPSA) is 92.8 Å². The van der Waals surface area contributed by atoms with E-state index in [1.807, 2.05) is 43.3 Å². The van der Waals surface area contributed by atoms with Crippen LogP contribution in [0.3, 0.4) is 0 Å². The molecule has 7 nitrogen and oxygen atoms in total. The summed E-state index contributed by atoms with van der Waals surface area (Å²) in [6, 6.07) is 11.3. The molecule has 2 heterocycles. The van der Waals surface area contributed by atoms with Crippen molar-refractivity contribution in [3.63, 3.8) is 0 Å². The normalized spacial score (nSPS) is 16.6. The van der Waals surface area contributed by atoms with Crippen LogP contribution in [0.2, 0.25) is 0 Å². The lowest BCUT2D eigenvalue weighted by atomic mass is 9.68. The van der Waals surface area contributed by atoms with Gasteiger partial charge in [0.25, 0.3) is 0 Å². The third-order valence-electron chi connectivity index (χ3n) is 5.98. The molecule has 1 aliphatic carbocycles. The molecule has 2 N–H and O–H groups in total. The second kappa shape index (κ2) is 8.65. The molecule has 1 aliphatic rings. The van der Waals surface area contributed by atoms with Gasteiger partial charge < -0.3 is 10.1 Å². The van der Waals surface area contributed by atoms with Crippen LogP contribution in [0.4, 0.5) is 0 Å². The Morgan fingerprint density at radius 1 is 1.10 bits per heavy atom. The molecule has 1 fully saturated rings. The van der Waals surface area contributed by atoms with Gasteiger partial charge in [0.05, 0.1) is 18.6 Å². The fourth-order valence-corrected chi connectivity index (χ4v) is 4.21. The largest absolute Gasteiger partial charge is 0.497 e. The van der Waals surface area contributed by atoms with Crippen LogP contribution in [-0.4, -0.2) is 33.2 Å². The summed E-state index contributed by atoms with van der Waals surface area (Å²) in [6.07, 6.45) is 8.35. The minimum Gasteiger partial charge on any atom is -0.497 e. The van der Waals surface area contributed by atoms with E-state index in [0.29, 0.717) is 11.6 Å². The molecule has 2 aromatic heterocycles. The molecule has 30 heavy (non-hydrogen) atoms. The smallest absolute Gasteiger partial charge is 0.231 e. The molecule has 1 aromatic carbocycles. The van der Waals surface area contributed by atoms with Gasteiger partial charge in [-0.2, -0.15) is 5.10 Å². The highest BCUT2D eigenvalue weighted by atomic mass is 16.5. The zero-order valence-corrected chi connectivity index (χ0v) is 17.4. The van der Waals surface area contributed by atoms with Crippen molar-refractivity contribution in [3.05, 3.63) is 60.2 Å². The number of benzene rings is 1. The summed E-state index contributed by atoms with van der Waals surface area (Å²) in [4.78, 5) is 22.1. The number of rotatable bonds is 6. The van der Waals surface area contributed by atoms with Gasteiger partial charge in [-0.3, -0.25) is 14.9 Å². The Morgan fingerprint density at radius 3 is 2.47 bits per heavy atom. The monoisotopic (exact) mass is 405 g/mol. The van der Waals surface area contributed by atoms with Gasteiger partial charge in [-0.1, -0.05) is 31.4 Å². The molecule has 3 aromatic rings. The maximum absolute atomic E-state index is 13.5. The SMILES string of the molecule is COc1ccc(C2(C(=O)N[C@H](C)c3nc(-c4ccncc4)n[nH]3)CCCCC2)cc1. The van der Waals surface area contributed by atoms with Crippen molar-refractivity contribution in [1.29, 1.82) is 0 Å². The highest BCUT2D eigenvalue weighted by molar-refractivity contribution is 5.88. The molecule has 0 spiro atoms. The van der Waals surface area contributed by atoms with Crippen molar-refractivity contribution < 1.29 is 9.53 Å². The van der Waals surface area contributed by atoms with Crippen molar-refractivity contribution in [1.82, 2.24) is 25.5 Å². The van der Waals surface area contributed by atoms with Gasteiger partial charge in [-0.25, -0.2) is 4.98 Å². The van der Waals surface area contributed by atoms with Crippen molar-refractivity contribution in [3.8, 4) is 17.1 Å². The maximum atomic E-state index is 13.5. The quantitative estimate of drug-likeness (QED) is 0.648. The number of carbonyl (C=O) groups excluding carboxylic acids is 1. The molecule has 1 amide bonds. The number of aromatic amines is 1. The summed E-state index contributed by atoms with van der Waals surface area (Å²) < 4.78 is 5.29. The Kier molecular flexibility index (Phi) is 5.79. The van der Waals surface area contributed by atoms with Gasteiger partial charge in [-0.05, 0) is 49.6 Å². The van der Waals surface area contributed by atoms with Crippen LogP contribution in [0.1, 0.15) is 56.5 Å². The Hall–Kier alpha value is -3.22. The number of nitrogens with one attached hydrogen (secondary N) is 2.